The van der Waals surface area contributed by atoms with Gasteiger partial charge in [0.15, 0.2) is 16.8 Å². The Morgan fingerprint density at radius 2 is 1.89 bits per heavy atom. The molecule has 4 rings (SSSR count). The molecule has 4 aromatic rings. The van der Waals surface area contributed by atoms with Crippen LogP contribution in [0.1, 0.15) is 12.5 Å². The summed E-state index contributed by atoms with van der Waals surface area (Å²) in [6.45, 7) is 4.87. The molecular formula is C20H20N6S. The standard InChI is InChI=1S/C20H20N6S/c1-3-26(14-9-5-4-6-10-14)19-16(21)18(22-12-23-19)25-20-24-17-13(2)8-7-11-15(17)27-20/h4-12H,3,21H2,1-2H3,(H,22,23,24,25). The molecular weight excluding hydrogens is 356 g/mol. The van der Waals surface area contributed by atoms with Gasteiger partial charge in [0.1, 0.15) is 12.0 Å². The van der Waals surface area contributed by atoms with E-state index in [2.05, 4.69) is 51.1 Å². The molecule has 0 aliphatic heterocycles. The molecule has 0 amide bonds. The number of para-hydroxylation sites is 2. The lowest BCUT2D eigenvalue weighted by Crippen LogP contribution is -2.19. The van der Waals surface area contributed by atoms with Gasteiger partial charge in [0.25, 0.3) is 0 Å². The minimum Gasteiger partial charge on any atom is -0.393 e. The summed E-state index contributed by atoms with van der Waals surface area (Å²) >= 11 is 1.58. The number of aromatic nitrogens is 3. The molecule has 0 aliphatic rings. The second-order valence-corrected chi connectivity index (χ2v) is 7.14. The van der Waals surface area contributed by atoms with Crippen molar-refractivity contribution in [2.75, 3.05) is 22.5 Å². The van der Waals surface area contributed by atoms with Crippen molar-refractivity contribution in [3.8, 4) is 0 Å². The van der Waals surface area contributed by atoms with Gasteiger partial charge < -0.3 is 16.0 Å². The minimum absolute atomic E-state index is 0.499. The quantitative estimate of drug-likeness (QED) is 0.517. The lowest BCUT2D eigenvalue weighted by Gasteiger charge is -2.24. The number of hydrogen-bond acceptors (Lipinski definition) is 7. The van der Waals surface area contributed by atoms with Crippen molar-refractivity contribution in [3.63, 3.8) is 0 Å². The maximum atomic E-state index is 6.42. The predicted octanol–water partition coefficient (Wildman–Crippen LogP) is 4.88. The smallest absolute Gasteiger partial charge is 0.189 e. The van der Waals surface area contributed by atoms with Crippen LogP contribution in [0.2, 0.25) is 0 Å². The fourth-order valence-electron chi connectivity index (χ4n) is 3.00. The lowest BCUT2D eigenvalue weighted by atomic mass is 10.2. The van der Waals surface area contributed by atoms with Gasteiger partial charge in [-0.3, -0.25) is 0 Å². The fourth-order valence-corrected chi connectivity index (χ4v) is 3.95. The first-order chi connectivity index (χ1) is 13.2. The first-order valence-corrected chi connectivity index (χ1v) is 9.55. The zero-order valence-electron chi connectivity index (χ0n) is 15.2. The summed E-state index contributed by atoms with van der Waals surface area (Å²) in [5.41, 5.74) is 10.1. The van der Waals surface area contributed by atoms with E-state index in [1.807, 2.05) is 36.4 Å². The van der Waals surface area contributed by atoms with E-state index in [0.29, 0.717) is 17.3 Å². The van der Waals surface area contributed by atoms with Crippen molar-refractivity contribution in [3.05, 3.63) is 60.4 Å². The van der Waals surface area contributed by atoms with Crippen molar-refractivity contribution >= 4 is 49.7 Å². The van der Waals surface area contributed by atoms with Crippen LogP contribution in [0.25, 0.3) is 10.2 Å². The molecule has 0 bridgehead atoms. The van der Waals surface area contributed by atoms with E-state index < -0.39 is 0 Å². The van der Waals surface area contributed by atoms with Crippen molar-refractivity contribution in [2.45, 2.75) is 13.8 Å². The van der Waals surface area contributed by atoms with Gasteiger partial charge in [0.2, 0.25) is 0 Å². The van der Waals surface area contributed by atoms with Crippen molar-refractivity contribution < 1.29 is 0 Å². The molecule has 6 nitrogen and oxygen atoms in total. The molecule has 2 aromatic heterocycles. The average Bonchev–Trinajstić information content (AvgIpc) is 3.10. The lowest BCUT2D eigenvalue weighted by molar-refractivity contribution is 0.980. The van der Waals surface area contributed by atoms with E-state index in [1.54, 1.807) is 11.3 Å². The molecule has 2 aromatic carbocycles. The number of thiazole rings is 1. The highest BCUT2D eigenvalue weighted by molar-refractivity contribution is 7.22. The Morgan fingerprint density at radius 1 is 1.07 bits per heavy atom. The van der Waals surface area contributed by atoms with Crippen LogP contribution in [-0.4, -0.2) is 21.5 Å². The number of fused-ring (bicyclic) bond motifs is 1. The first-order valence-electron chi connectivity index (χ1n) is 8.73. The number of nitrogens with two attached hydrogens (primary N) is 1. The normalized spacial score (nSPS) is 10.9. The van der Waals surface area contributed by atoms with Crippen molar-refractivity contribution in [2.24, 2.45) is 0 Å². The average molecular weight is 376 g/mol. The van der Waals surface area contributed by atoms with Crippen LogP contribution in [-0.2, 0) is 0 Å². The minimum atomic E-state index is 0.499. The summed E-state index contributed by atoms with van der Waals surface area (Å²) in [6, 6.07) is 16.2. The molecule has 2 heterocycles. The number of aryl methyl sites for hydroxylation is 1. The number of nitrogen functional groups attached to an aromatic ring is 1. The van der Waals surface area contributed by atoms with Gasteiger partial charge in [0.05, 0.1) is 10.2 Å². The SMILES string of the molecule is CCN(c1ccccc1)c1ncnc(Nc2nc3c(C)cccc3s2)c1N. The molecule has 3 N–H and O–H groups in total. The van der Waals surface area contributed by atoms with Crippen LogP contribution >= 0.6 is 11.3 Å². The highest BCUT2D eigenvalue weighted by Crippen LogP contribution is 2.35. The predicted molar refractivity (Wildman–Crippen MR) is 113 cm³/mol. The zero-order chi connectivity index (χ0) is 18.8. The summed E-state index contributed by atoms with van der Waals surface area (Å²) < 4.78 is 1.13. The molecule has 136 valence electrons. The third kappa shape index (κ3) is 3.29. The summed E-state index contributed by atoms with van der Waals surface area (Å²) in [5, 5.41) is 4.03. The molecule has 0 saturated heterocycles. The van der Waals surface area contributed by atoms with E-state index in [0.717, 1.165) is 33.1 Å². The first kappa shape index (κ1) is 17.2. The van der Waals surface area contributed by atoms with Crippen LogP contribution in [0, 0.1) is 6.92 Å². The molecule has 0 radical (unpaired) electrons. The zero-order valence-corrected chi connectivity index (χ0v) is 16.0. The van der Waals surface area contributed by atoms with E-state index in [1.165, 1.54) is 6.33 Å². The Hall–Kier alpha value is -3.19. The summed E-state index contributed by atoms with van der Waals surface area (Å²) in [4.78, 5) is 15.5. The molecule has 0 saturated carbocycles. The van der Waals surface area contributed by atoms with E-state index in [-0.39, 0.29) is 0 Å². The van der Waals surface area contributed by atoms with Crippen LogP contribution in [0.5, 0.6) is 0 Å². The summed E-state index contributed by atoms with van der Waals surface area (Å²) in [5.74, 6) is 1.24. The molecule has 7 heteroatoms. The third-order valence-electron chi connectivity index (χ3n) is 4.35. The number of hydrogen-bond donors (Lipinski definition) is 2. The van der Waals surface area contributed by atoms with Gasteiger partial charge in [-0.05, 0) is 37.6 Å². The number of nitrogens with zero attached hydrogens (tertiary/aromatic N) is 4. The highest BCUT2D eigenvalue weighted by Gasteiger charge is 2.16. The summed E-state index contributed by atoms with van der Waals surface area (Å²) in [7, 11) is 0. The van der Waals surface area contributed by atoms with Gasteiger partial charge in [-0.25, -0.2) is 15.0 Å². The Balaban J connectivity index is 1.70. The second-order valence-electron chi connectivity index (χ2n) is 6.11. The van der Waals surface area contributed by atoms with Gasteiger partial charge in [-0.1, -0.05) is 41.7 Å². The van der Waals surface area contributed by atoms with Crippen molar-refractivity contribution in [1.29, 1.82) is 0 Å². The molecule has 0 atom stereocenters. The van der Waals surface area contributed by atoms with Crippen LogP contribution < -0.4 is 16.0 Å². The topological polar surface area (TPSA) is 80.0 Å². The number of rotatable bonds is 5. The maximum Gasteiger partial charge on any atom is 0.189 e. The monoisotopic (exact) mass is 376 g/mol. The van der Waals surface area contributed by atoms with Crippen LogP contribution in [0.4, 0.5) is 28.1 Å². The summed E-state index contributed by atoms with van der Waals surface area (Å²) in [6.07, 6.45) is 1.53. The second kappa shape index (κ2) is 7.20. The largest absolute Gasteiger partial charge is 0.393 e. The molecule has 0 fully saturated rings. The van der Waals surface area contributed by atoms with Crippen LogP contribution in [0.3, 0.4) is 0 Å². The number of anilines is 5. The fraction of sp³-hybridized carbons (Fsp3) is 0.150. The molecule has 0 aliphatic carbocycles. The Bertz CT molecular complexity index is 1080. The Labute approximate surface area is 161 Å². The molecule has 0 unspecified atom stereocenters. The number of nitrogens with one attached hydrogen (secondary N) is 1. The molecule has 0 spiro atoms. The van der Waals surface area contributed by atoms with E-state index >= 15 is 0 Å². The maximum absolute atomic E-state index is 6.42. The van der Waals surface area contributed by atoms with E-state index in [9.17, 15) is 0 Å². The number of benzene rings is 2. The third-order valence-corrected chi connectivity index (χ3v) is 5.28. The van der Waals surface area contributed by atoms with Gasteiger partial charge >= 0.3 is 0 Å². The molecule has 27 heavy (non-hydrogen) atoms. The van der Waals surface area contributed by atoms with E-state index in [4.69, 9.17) is 5.73 Å². The van der Waals surface area contributed by atoms with Crippen molar-refractivity contribution in [1.82, 2.24) is 15.0 Å². The van der Waals surface area contributed by atoms with Gasteiger partial charge in [0, 0.05) is 12.2 Å². The van der Waals surface area contributed by atoms with Gasteiger partial charge in [-0.2, -0.15) is 0 Å². The Kier molecular flexibility index (Phi) is 4.60. The van der Waals surface area contributed by atoms with Crippen LogP contribution in [0.15, 0.2) is 54.9 Å². The Morgan fingerprint density at radius 3 is 2.63 bits per heavy atom. The van der Waals surface area contributed by atoms with Gasteiger partial charge in [-0.15, -0.1) is 0 Å². The highest BCUT2D eigenvalue weighted by atomic mass is 32.1.